The number of hydrogen-bond donors (Lipinski definition) is 1. The van der Waals surface area contributed by atoms with Crippen LogP contribution < -0.4 is 10.2 Å². The summed E-state index contributed by atoms with van der Waals surface area (Å²) in [5.74, 6) is 0.354. The Morgan fingerprint density at radius 3 is 2.76 bits per heavy atom. The normalized spacial score (nSPS) is 14.7. The Labute approximate surface area is 127 Å². The third-order valence-corrected chi connectivity index (χ3v) is 4.01. The van der Waals surface area contributed by atoms with Crippen LogP contribution in [0.15, 0.2) is 12.3 Å². The van der Waals surface area contributed by atoms with Crippen LogP contribution in [-0.2, 0) is 6.54 Å². The Kier molecular flexibility index (Phi) is 5.97. The highest BCUT2D eigenvalue weighted by atomic mass is 19.1. The molecule has 0 aliphatic heterocycles. The fourth-order valence-electron chi connectivity index (χ4n) is 2.49. The monoisotopic (exact) mass is 293 g/mol. The van der Waals surface area contributed by atoms with Gasteiger partial charge in [0.1, 0.15) is 0 Å². The minimum absolute atomic E-state index is 0.157. The second kappa shape index (κ2) is 7.74. The molecule has 4 heteroatoms. The molecule has 0 spiro atoms. The third-order valence-electron chi connectivity index (χ3n) is 4.01. The van der Waals surface area contributed by atoms with Crippen molar-refractivity contribution >= 4 is 5.82 Å². The van der Waals surface area contributed by atoms with Gasteiger partial charge in [-0.1, -0.05) is 19.8 Å². The average Bonchev–Trinajstić information content (AvgIpc) is 3.27. The van der Waals surface area contributed by atoms with Crippen LogP contribution in [0.5, 0.6) is 0 Å². The van der Waals surface area contributed by atoms with Crippen molar-refractivity contribution in [3.8, 4) is 0 Å². The molecule has 2 rings (SSSR count). The van der Waals surface area contributed by atoms with Gasteiger partial charge in [0.05, 0.1) is 0 Å². The van der Waals surface area contributed by atoms with Gasteiger partial charge in [0.2, 0.25) is 0 Å². The number of anilines is 1. The maximum Gasteiger partial charge on any atom is 0.170 e. The van der Waals surface area contributed by atoms with Gasteiger partial charge in [0.15, 0.2) is 11.6 Å². The summed E-state index contributed by atoms with van der Waals surface area (Å²) < 4.78 is 14.7. The molecule has 1 aromatic heterocycles. The average molecular weight is 293 g/mol. The van der Waals surface area contributed by atoms with E-state index in [-0.39, 0.29) is 11.9 Å². The molecule has 1 aromatic rings. The maximum absolute atomic E-state index is 14.7. The SMILES string of the molecule is CCCCCN(c1nccc(CNC2CC2)c1F)C(C)C. The van der Waals surface area contributed by atoms with E-state index in [0.29, 0.717) is 18.4 Å². The second-order valence-corrected chi connectivity index (χ2v) is 6.26. The fraction of sp³-hybridized carbons (Fsp3) is 0.706. The quantitative estimate of drug-likeness (QED) is 0.700. The lowest BCUT2D eigenvalue weighted by Gasteiger charge is -2.28. The van der Waals surface area contributed by atoms with Crippen LogP contribution >= 0.6 is 0 Å². The molecule has 0 bridgehead atoms. The van der Waals surface area contributed by atoms with E-state index in [1.54, 1.807) is 12.3 Å². The lowest BCUT2D eigenvalue weighted by atomic mass is 10.2. The molecule has 0 saturated heterocycles. The summed E-state index contributed by atoms with van der Waals surface area (Å²) in [4.78, 5) is 6.39. The maximum atomic E-state index is 14.7. The van der Waals surface area contributed by atoms with Crippen LogP contribution in [0.1, 0.15) is 58.4 Å². The van der Waals surface area contributed by atoms with Gasteiger partial charge in [0.25, 0.3) is 0 Å². The smallest absolute Gasteiger partial charge is 0.170 e. The van der Waals surface area contributed by atoms with Crippen LogP contribution in [-0.4, -0.2) is 23.6 Å². The first-order chi connectivity index (χ1) is 10.1. The summed E-state index contributed by atoms with van der Waals surface area (Å²) in [6.45, 7) is 7.86. The van der Waals surface area contributed by atoms with Gasteiger partial charge < -0.3 is 10.2 Å². The number of halogens is 1. The molecule has 118 valence electrons. The fourth-order valence-corrected chi connectivity index (χ4v) is 2.49. The minimum atomic E-state index is -0.157. The van der Waals surface area contributed by atoms with E-state index in [9.17, 15) is 4.39 Å². The van der Waals surface area contributed by atoms with Crippen molar-refractivity contribution in [2.45, 2.75) is 71.5 Å². The first-order valence-electron chi connectivity index (χ1n) is 8.26. The summed E-state index contributed by atoms with van der Waals surface area (Å²) in [5, 5.41) is 3.38. The zero-order valence-electron chi connectivity index (χ0n) is 13.5. The summed E-state index contributed by atoms with van der Waals surface area (Å²) >= 11 is 0. The van der Waals surface area contributed by atoms with Gasteiger partial charge in [-0.15, -0.1) is 0 Å². The van der Waals surface area contributed by atoms with E-state index < -0.39 is 0 Å². The van der Waals surface area contributed by atoms with Crippen molar-refractivity contribution < 1.29 is 4.39 Å². The van der Waals surface area contributed by atoms with Crippen molar-refractivity contribution in [1.29, 1.82) is 0 Å². The van der Waals surface area contributed by atoms with Gasteiger partial charge in [-0.2, -0.15) is 0 Å². The zero-order valence-corrected chi connectivity index (χ0v) is 13.5. The molecule has 1 aliphatic rings. The van der Waals surface area contributed by atoms with Crippen molar-refractivity contribution in [1.82, 2.24) is 10.3 Å². The molecule has 1 saturated carbocycles. The van der Waals surface area contributed by atoms with E-state index in [1.165, 1.54) is 25.7 Å². The van der Waals surface area contributed by atoms with Crippen LogP contribution in [0.25, 0.3) is 0 Å². The van der Waals surface area contributed by atoms with Crippen molar-refractivity contribution in [2.75, 3.05) is 11.4 Å². The number of rotatable bonds is 9. The summed E-state index contributed by atoms with van der Waals surface area (Å²) in [5.41, 5.74) is 0.730. The van der Waals surface area contributed by atoms with Crippen LogP contribution in [0.3, 0.4) is 0 Å². The summed E-state index contributed by atoms with van der Waals surface area (Å²) in [6.07, 6.45) is 7.60. The largest absolute Gasteiger partial charge is 0.352 e. The number of nitrogens with zero attached hydrogens (tertiary/aromatic N) is 2. The molecular formula is C17H28FN3. The van der Waals surface area contributed by atoms with Gasteiger partial charge in [-0.25, -0.2) is 9.37 Å². The number of aromatic nitrogens is 1. The van der Waals surface area contributed by atoms with Gasteiger partial charge in [-0.3, -0.25) is 0 Å². The number of nitrogens with one attached hydrogen (secondary N) is 1. The van der Waals surface area contributed by atoms with Crippen molar-refractivity contribution in [3.63, 3.8) is 0 Å². The Morgan fingerprint density at radius 1 is 1.38 bits per heavy atom. The second-order valence-electron chi connectivity index (χ2n) is 6.26. The number of pyridine rings is 1. The number of unbranched alkanes of at least 4 members (excludes halogenated alkanes) is 2. The molecule has 1 heterocycles. The molecule has 0 atom stereocenters. The van der Waals surface area contributed by atoms with E-state index in [2.05, 4.69) is 36.0 Å². The highest BCUT2D eigenvalue weighted by molar-refractivity contribution is 5.44. The molecule has 21 heavy (non-hydrogen) atoms. The van der Waals surface area contributed by atoms with Crippen LogP contribution in [0, 0.1) is 5.82 Å². The van der Waals surface area contributed by atoms with Gasteiger partial charge in [0, 0.05) is 36.9 Å². The van der Waals surface area contributed by atoms with Crippen LogP contribution in [0.2, 0.25) is 0 Å². The van der Waals surface area contributed by atoms with E-state index in [4.69, 9.17) is 0 Å². The van der Waals surface area contributed by atoms with Crippen molar-refractivity contribution in [3.05, 3.63) is 23.6 Å². The van der Waals surface area contributed by atoms with E-state index in [0.717, 1.165) is 18.5 Å². The minimum Gasteiger partial charge on any atom is -0.352 e. The predicted molar refractivity (Wildman–Crippen MR) is 86.1 cm³/mol. The molecule has 0 radical (unpaired) electrons. The Morgan fingerprint density at radius 2 is 2.14 bits per heavy atom. The Bertz CT molecular complexity index is 444. The highest BCUT2D eigenvalue weighted by Gasteiger charge is 2.22. The Hall–Kier alpha value is -1.16. The number of hydrogen-bond acceptors (Lipinski definition) is 3. The van der Waals surface area contributed by atoms with E-state index in [1.807, 2.05) is 0 Å². The zero-order chi connectivity index (χ0) is 15.2. The highest BCUT2D eigenvalue weighted by Crippen LogP contribution is 2.24. The lowest BCUT2D eigenvalue weighted by molar-refractivity contribution is 0.554. The van der Waals surface area contributed by atoms with Gasteiger partial charge in [-0.05, 0) is 39.2 Å². The molecule has 0 aromatic carbocycles. The topological polar surface area (TPSA) is 28.2 Å². The lowest BCUT2D eigenvalue weighted by Crippen LogP contribution is -2.33. The van der Waals surface area contributed by atoms with Crippen molar-refractivity contribution in [2.24, 2.45) is 0 Å². The molecule has 1 N–H and O–H groups in total. The molecule has 0 amide bonds. The first-order valence-corrected chi connectivity index (χ1v) is 8.26. The summed E-state index contributed by atoms with van der Waals surface area (Å²) in [7, 11) is 0. The van der Waals surface area contributed by atoms with Crippen LogP contribution in [0.4, 0.5) is 10.2 Å². The molecule has 1 aliphatic carbocycles. The molecule has 0 unspecified atom stereocenters. The first kappa shape index (κ1) is 16.2. The third kappa shape index (κ3) is 4.67. The molecular weight excluding hydrogens is 265 g/mol. The summed E-state index contributed by atoms with van der Waals surface area (Å²) in [6, 6.07) is 2.64. The van der Waals surface area contributed by atoms with E-state index >= 15 is 0 Å². The molecule has 1 fully saturated rings. The predicted octanol–water partition coefficient (Wildman–Crippen LogP) is 3.88. The Balaban J connectivity index is 2.08. The standard InChI is InChI=1S/C17H28FN3/c1-4-5-6-11-21(13(2)3)17-16(18)14(9-10-19-17)12-20-15-7-8-15/h9-10,13,15,20H,4-8,11-12H2,1-3H3. The molecule has 3 nitrogen and oxygen atoms in total. The van der Waals surface area contributed by atoms with Gasteiger partial charge >= 0.3 is 0 Å².